The summed E-state index contributed by atoms with van der Waals surface area (Å²) in [7, 11) is 0. The van der Waals surface area contributed by atoms with Crippen molar-refractivity contribution in [1.29, 1.82) is 0 Å². The van der Waals surface area contributed by atoms with Crippen molar-refractivity contribution in [2.75, 3.05) is 5.32 Å². The third kappa shape index (κ3) is 4.17. The van der Waals surface area contributed by atoms with Crippen LogP contribution in [0.25, 0.3) is 0 Å². The Balaban J connectivity index is 1.33. The lowest BCUT2D eigenvalue weighted by molar-refractivity contribution is 0.185. The minimum absolute atomic E-state index is 0.179. The van der Waals surface area contributed by atoms with E-state index < -0.39 is 0 Å². The molecule has 1 fully saturated rings. The van der Waals surface area contributed by atoms with Crippen LogP contribution >= 0.6 is 0 Å². The van der Waals surface area contributed by atoms with Gasteiger partial charge >= 0.3 is 6.03 Å². The molecule has 28 heavy (non-hydrogen) atoms. The zero-order valence-corrected chi connectivity index (χ0v) is 15.7. The Bertz CT molecular complexity index is 904. The van der Waals surface area contributed by atoms with Crippen LogP contribution in [0.5, 0.6) is 5.75 Å². The zero-order valence-electron chi connectivity index (χ0n) is 15.7. The smallest absolute Gasteiger partial charge is 0.319 e. The van der Waals surface area contributed by atoms with Crippen LogP contribution in [0.2, 0.25) is 0 Å². The van der Waals surface area contributed by atoms with Gasteiger partial charge in [-0.3, -0.25) is 0 Å². The lowest BCUT2D eigenvalue weighted by Gasteiger charge is -2.43. The maximum absolute atomic E-state index is 12.5. The van der Waals surface area contributed by atoms with Gasteiger partial charge in [-0.25, -0.2) is 4.79 Å². The number of hydrogen-bond acceptors (Lipinski definition) is 2. The molecule has 1 saturated carbocycles. The van der Waals surface area contributed by atoms with Gasteiger partial charge in [0.15, 0.2) is 0 Å². The maximum atomic E-state index is 12.5. The molecule has 142 valence electrons. The molecule has 0 aliphatic heterocycles. The van der Waals surface area contributed by atoms with E-state index >= 15 is 0 Å². The van der Waals surface area contributed by atoms with Gasteiger partial charge in [0.1, 0.15) is 12.4 Å². The predicted octanol–water partition coefficient (Wildman–Crippen LogP) is 5.47. The van der Waals surface area contributed by atoms with E-state index in [1.54, 1.807) is 0 Å². The van der Waals surface area contributed by atoms with E-state index in [1.807, 2.05) is 72.8 Å². The monoisotopic (exact) mass is 372 g/mol. The molecule has 4 heteroatoms. The fraction of sp³-hybridized carbons (Fsp3) is 0.208. The highest BCUT2D eigenvalue weighted by atomic mass is 16.5. The van der Waals surface area contributed by atoms with Gasteiger partial charge in [-0.1, -0.05) is 60.7 Å². The highest BCUT2D eigenvalue weighted by molar-refractivity contribution is 5.90. The second-order valence-electron chi connectivity index (χ2n) is 7.18. The van der Waals surface area contributed by atoms with Gasteiger partial charge in [0.05, 0.1) is 5.54 Å². The van der Waals surface area contributed by atoms with Crippen LogP contribution in [0.1, 0.15) is 30.4 Å². The zero-order chi connectivity index (χ0) is 19.2. The summed E-state index contributed by atoms with van der Waals surface area (Å²) in [6, 6.07) is 27.5. The van der Waals surface area contributed by atoms with Crippen molar-refractivity contribution in [2.45, 2.75) is 31.4 Å². The number of amides is 2. The number of carbonyl (C=O) groups excluding carboxylic acids is 1. The molecule has 1 aliphatic carbocycles. The minimum atomic E-state index is -0.246. The first-order valence-electron chi connectivity index (χ1n) is 9.65. The summed E-state index contributed by atoms with van der Waals surface area (Å²) in [5.74, 6) is 0.773. The van der Waals surface area contributed by atoms with Crippen LogP contribution in [0.15, 0.2) is 84.9 Å². The minimum Gasteiger partial charge on any atom is -0.489 e. The first-order chi connectivity index (χ1) is 13.7. The molecular formula is C24H24N2O2. The van der Waals surface area contributed by atoms with E-state index in [-0.39, 0.29) is 11.6 Å². The van der Waals surface area contributed by atoms with Gasteiger partial charge in [0, 0.05) is 5.69 Å². The molecule has 4 nitrogen and oxygen atoms in total. The Labute approximate surface area is 165 Å². The number of carbonyl (C=O) groups is 1. The molecule has 0 aromatic heterocycles. The summed E-state index contributed by atoms with van der Waals surface area (Å²) in [6.45, 7) is 0.522. The molecule has 2 amide bonds. The number of benzene rings is 3. The van der Waals surface area contributed by atoms with Crippen LogP contribution in [0.4, 0.5) is 10.5 Å². The molecule has 3 aromatic carbocycles. The second-order valence-corrected chi connectivity index (χ2v) is 7.18. The number of rotatable bonds is 6. The van der Waals surface area contributed by atoms with Crippen molar-refractivity contribution in [3.63, 3.8) is 0 Å². The summed E-state index contributed by atoms with van der Waals surface area (Å²) >= 11 is 0. The van der Waals surface area contributed by atoms with Gasteiger partial charge in [0.25, 0.3) is 0 Å². The number of anilines is 1. The molecule has 0 spiro atoms. The van der Waals surface area contributed by atoms with E-state index in [4.69, 9.17) is 4.74 Å². The van der Waals surface area contributed by atoms with Crippen molar-refractivity contribution in [2.24, 2.45) is 0 Å². The van der Waals surface area contributed by atoms with Gasteiger partial charge < -0.3 is 15.4 Å². The number of hydrogen-bond donors (Lipinski definition) is 2. The molecule has 3 aromatic rings. The molecule has 1 aliphatic rings. The first kappa shape index (κ1) is 18.1. The van der Waals surface area contributed by atoms with Crippen molar-refractivity contribution in [3.8, 4) is 5.75 Å². The van der Waals surface area contributed by atoms with E-state index in [9.17, 15) is 4.79 Å². The van der Waals surface area contributed by atoms with E-state index in [0.29, 0.717) is 6.61 Å². The predicted molar refractivity (Wildman–Crippen MR) is 111 cm³/mol. The number of ether oxygens (including phenoxy) is 1. The molecule has 0 radical (unpaired) electrons. The van der Waals surface area contributed by atoms with Crippen LogP contribution in [0.3, 0.4) is 0 Å². The third-order valence-corrected chi connectivity index (χ3v) is 5.25. The van der Waals surface area contributed by atoms with Crippen LogP contribution in [-0.2, 0) is 12.1 Å². The summed E-state index contributed by atoms with van der Waals surface area (Å²) in [5.41, 5.74) is 2.79. The molecule has 0 atom stereocenters. The molecule has 0 saturated heterocycles. The second kappa shape index (κ2) is 8.17. The van der Waals surface area contributed by atoms with Crippen LogP contribution in [-0.4, -0.2) is 6.03 Å². The average Bonchev–Trinajstić information content (AvgIpc) is 2.72. The van der Waals surface area contributed by atoms with Gasteiger partial charge in [-0.15, -0.1) is 0 Å². The average molecular weight is 372 g/mol. The fourth-order valence-electron chi connectivity index (χ4n) is 3.53. The van der Waals surface area contributed by atoms with E-state index in [2.05, 4.69) is 22.8 Å². The maximum Gasteiger partial charge on any atom is 0.319 e. The van der Waals surface area contributed by atoms with Crippen LogP contribution in [0, 0.1) is 0 Å². The van der Waals surface area contributed by atoms with Crippen molar-refractivity contribution >= 4 is 11.7 Å². The van der Waals surface area contributed by atoms with Crippen molar-refractivity contribution in [1.82, 2.24) is 5.32 Å². The quantitative estimate of drug-likeness (QED) is 0.603. The van der Waals surface area contributed by atoms with Gasteiger partial charge in [-0.05, 0) is 54.7 Å². The summed E-state index contributed by atoms with van der Waals surface area (Å²) in [5, 5.41) is 6.11. The largest absolute Gasteiger partial charge is 0.489 e. The van der Waals surface area contributed by atoms with Crippen LogP contribution < -0.4 is 15.4 Å². The lowest BCUT2D eigenvalue weighted by atomic mass is 9.72. The lowest BCUT2D eigenvalue weighted by Crippen LogP contribution is -2.52. The Morgan fingerprint density at radius 3 is 2.11 bits per heavy atom. The van der Waals surface area contributed by atoms with Crippen molar-refractivity contribution in [3.05, 3.63) is 96.1 Å². The Morgan fingerprint density at radius 1 is 0.857 bits per heavy atom. The van der Waals surface area contributed by atoms with E-state index in [1.165, 1.54) is 5.56 Å². The Hall–Kier alpha value is -3.27. The summed E-state index contributed by atoms with van der Waals surface area (Å²) in [4.78, 5) is 12.5. The highest BCUT2D eigenvalue weighted by Crippen LogP contribution is 2.41. The van der Waals surface area contributed by atoms with Gasteiger partial charge in [-0.2, -0.15) is 0 Å². The summed E-state index contributed by atoms with van der Waals surface area (Å²) in [6.07, 6.45) is 3.07. The Morgan fingerprint density at radius 2 is 1.50 bits per heavy atom. The highest BCUT2D eigenvalue weighted by Gasteiger charge is 2.39. The SMILES string of the molecule is O=C(Nc1ccc(OCc2ccccc2)cc1)NC1(c2ccccc2)CCC1. The van der Waals surface area contributed by atoms with Gasteiger partial charge in [0.2, 0.25) is 0 Å². The number of nitrogens with one attached hydrogen (secondary N) is 2. The standard InChI is InChI=1S/C24H24N2O2/c27-23(26-24(16-7-17-24)20-10-5-2-6-11-20)25-21-12-14-22(15-13-21)28-18-19-8-3-1-4-9-19/h1-6,8-15H,7,16-18H2,(H2,25,26,27). The molecule has 4 rings (SSSR count). The third-order valence-electron chi connectivity index (χ3n) is 5.25. The molecule has 0 heterocycles. The first-order valence-corrected chi connectivity index (χ1v) is 9.65. The molecule has 0 bridgehead atoms. The normalized spacial score (nSPS) is 14.6. The topological polar surface area (TPSA) is 50.4 Å². The molecule has 2 N–H and O–H groups in total. The Kier molecular flexibility index (Phi) is 5.29. The number of urea groups is 1. The van der Waals surface area contributed by atoms with Crippen molar-refractivity contribution < 1.29 is 9.53 Å². The fourth-order valence-corrected chi connectivity index (χ4v) is 3.53. The molecule has 0 unspecified atom stereocenters. The van der Waals surface area contributed by atoms with E-state index in [0.717, 1.165) is 36.3 Å². The molecular weight excluding hydrogens is 348 g/mol. The summed E-state index contributed by atoms with van der Waals surface area (Å²) < 4.78 is 5.79.